The van der Waals surface area contributed by atoms with Crippen LogP contribution in [-0.4, -0.2) is 44.3 Å². The van der Waals surface area contributed by atoms with Crippen molar-refractivity contribution in [2.75, 3.05) is 6.61 Å². The standard InChI is InChI=1S/C17H19FN2O6/c18-14-15(23)12(8-21)26-16(14)19-7-6-13(22)20(17(19)24)10-25-9-11-4-2-1-3-5-11/h1-7,12,14-16,21,23H,8-10H2/t12-,14+,15-,16-/m0/s1. The zero-order valence-electron chi connectivity index (χ0n) is 13.8. The zero-order chi connectivity index (χ0) is 18.7. The van der Waals surface area contributed by atoms with Gasteiger partial charge in [0.1, 0.15) is 18.9 Å². The predicted octanol–water partition coefficient (Wildman–Crippen LogP) is -0.227. The molecule has 0 saturated carbocycles. The van der Waals surface area contributed by atoms with Crippen LogP contribution in [0.15, 0.2) is 52.2 Å². The van der Waals surface area contributed by atoms with Crippen molar-refractivity contribution in [3.8, 4) is 0 Å². The topological polar surface area (TPSA) is 103 Å². The Balaban J connectivity index is 1.79. The van der Waals surface area contributed by atoms with Gasteiger partial charge in [0.25, 0.3) is 5.56 Å². The molecule has 1 saturated heterocycles. The fourth-order valence-corrected chi connectivity index (χ4v) is 2.75. The van der Waals surface area contributed by atoms with Crippen molar-refractivity contribution >= 4 is 0 Å². The van der Waals surface area contributed by atoms with Crippen molar-refractivity contribution in [1.82, 2.24) is 9.13 Å². The lowest BCUT2D eigenvalue weighted by atomic mass is 10.1. The molecule has 1 aromatic carbocycles. The Morgan fingerprint density at radius 3 is 2.58 bits per heavy atom. The number of ether oxygens (including phenoxy) is 2. The number of aromatic nitrogens is 2. The summed E-state index contributed by atoms with van der Waals surface area (Å²) in [5.74, 6) is 0. The van der Waals surface area contributed by atoms with Gasteiger partial charge in [0.05, 0.1) is 13.2 Å². The molecule has 0 unspecified atom stereocenters. The second-order valence-corrected chi connectivity index (χ2v) is 5.92. The summed E-state index contributed by atoms with van der Waals surface area (Å²) >= 11 is 0. The molecule has 0 spiro atoms. The molecule has 9 heteroatoms. The summed E-state index contributed by atoms with van der Waals surface area (Å²) in [6.45, 7) is -0.714. The average Bonchev–Trinajstić information content (AvgIpc) is 2.93. The highest BCUT2D eigenvalue weighted by molar-refractivity contribution is 5.13. The van der Waals surface area contributed by atoms with Crippen molar-refractivity contribution in [2.45, 2.75) is 37.9 Å². The Hall–Kier alpha value is -2.33. The van der Waals surface area contributed by atoms with Crippen LogP contribution < -0.4 is 11.2 Å². The maximum atomic E-state index is 14.2. The van der Waals surface area contributed by atoms with E-state index in [0.717, 1.165) is 27.0 Å². The lowest BCUT2D eigenvalue weighted by Crippen LogP contribution is -2.42. The smallest absolute Gasteiger partial charge is 0.335 e. The summed E-state index contributed by atoms with van der Waals surface area (Å²) in [6, 6.07) is 10.3. The molecule has 3 rings (SSSR count). The number of rotatable bonds is 6. The van der Waals surface area contributed by atoms with Crippen LogP contribution in [0.25, 0.3) is 0 Å². The number of halogens is 1. The Morgan fingerprint density at radius 2 is 1.92 bits per heavy atom. The van der Waals surface area contributed by atoms with E-state index in [4.69, 9.17) is 14.6 Å². The lowest BCUT2D eigenvalue weighted by molar-refractivity contribution is -0.0506. The third kappa shape index (κ3) is 3.61. The van der Waals surface area contributed by atoms with Crippen molar-refractivity contribution in [3.63, 3.8) is 0 Å². The molecule has 0 aliphatic carbocycles. The molecule has 2 aromatic rings. The molecule has 0 bridgehead atoms. The maximum Gasteiger partial charge on any atom is 0.335 e. The Kier molecular flexibility index (Phi) is 5.62. The van der Waals surface area contributed by atoms with Gasteiger partial charge in [0.2, 0.25) is 0 Å². The Labute approximate surface area is 147 Å². The van der Waals surface area contributed by atoms with Gasteiger partial charge in [-0.2, -0.15) is 0 Å². The Morgan fingerprint density at radius 1 is 1.19 bits per heavy atom. The van der Waals surface area contributed by atoms with Crippen LogP contribution in [0.4, 0.5) is 4.39 Å². The fourth-order valence-electron chi connectivity index (χ4n) is 2.75. The van der Waals surface area contributed by atoms with E-state index < -0.39 is 42.5 Å². The summed E-state index contributed by atoms with van der Waals surface area (Å²) in [6.07, 6.45) is -4.96. The number of benzene rings is 1. The molecule has 26 heavy (non-hydrogen) atoms. The number of hydrogen-bond acceptors (Lipinski definition) is 6. The molecule has 0 radical (unpaired) electrons. The van der Waals surface area contributed by atoms with Gasteiger partial charge < -0.3 is 19.7 Å². The largest absolute Gasteiger partial charge is 0.394 e. The number of nitrogens with zero attached hydrogens (tertiary/aromatic N) is 2. The minimum atomic E-state index is -1.92. The molecule has 2 heterocycles. The highest BCUT2D eigenvalue weighted by atomic mass is 19.1. The molecule has 8 nitrogen and oxygen atoms in total. The van der Waals surface area contributed by atoms with E-state index in [1.807, 2.05) is 30.3 Å². The summed E-state index contributed by atoms with van der Waals surface area (Å²) in [4.78, 5) is 24.5. The van der Waals surface area contributed by atoms with Gasteiger partial charge in [0, 0.05) is 12.3 Å². The normalized spacial score (nSPS) is 25.5. The van der Waals surface area contributed by atoms with Gasteiger partial charge >= 0.3 is 5.69 Å². The fraction of sp³-hybridized carbons (Fsp3) is 0.412. The molecule has 2 N–H and O–H groups in total. The van der Waals surface area contributed by atoms with Gasteiger partial charge in [-0.15, -0.1) is 0 Å². The first-order valence-electron chi connectivity index (χ1n) is 8.05. The highest BCUT2D eigenvalue weighted by Crippen LogP contribution is 2.30. The summed E-state index contributed by atoms with van der Waals surface area (Å²) < 4.78 is 26.5. The lowest BCUT2D eigenvalue weighted by Gasteiger charge is -2.17. The zero-order valence-corrected chi connectivity index (χ0v) is 13.8. The minimum Gasteiger partial charge on any atom is -0.394 e. The maximum absolute atomic E-state index is 14.2. The molecule has 1 aliphatic heterocycles. The van der Waals surface area contributed by atoms with E-state index >= 15 is 0 Å². The molecule has 1 aliphatic rings. The van der Waals surface area contributed by atoms with E-state index in [1.54, 1.807) is 0 Å². The predicted molar refractivity (Wildman–Crippen MR) is 88.1 cm³/mol. The molecule has 0 amide bonds. The van der Waals surface area contributed by atoms with E-state index in [1.165, 1.54) is 0 Å². The van der Waals surface area contributed by atoms with E-state index in [-0.39, 0.29) is 13.3 Å². The second kappa shape index (κ2) is 7.92. The van der Waals surface area contributed by atoms with Gasteiger partial charge in [-0.25, -0.2) is 13.8 Å². The molecular formula is C17H19FN2O6. The third-order valence-corrected chi connectivity index (χ3v) is 4.18. The van der Waals surface area contributed by atoms with Crippen molar-refractivity contribution in [3.05, 3.63) is 69.0 Å². The van der Waals surface area contributed by atoms with Gasteiger partial charge in [-0.05, 0) is 5.56 Å². The van der Waals surface area contributed by atoms with E-state index in [9.17, 15) is 19.1 Å². The number of alkyl halides is 1. The van der Waals surface area contributed by atoms with Gasteiger partial charge in [-0.3, -0.25) is 9.36 Å². The molecule has 1 aromatic heterocycles. The van der Waals surface area contributed by atoms with Crippen LogP contribution in [0, 0.1) is 0 Å². The first-order valence-corrected chi connectivity index (χ1v) is 8.05. The molecular weight excluding hydrogens is 347 g/mol. The van der Waals surface area contributed by atoms with Crippen LogP contribution in [0.3, 0.4) is 0 Å². The van der Waals surface area contributed by atoms with Crippen LogP contribution in [0.1, 0.15) is 11.8 Å². The van der Waals surface area contributed by atoms with Gasteiger partial charge in [-0.1, -0.05) is 30.3 Å². The van der Waals surface area contributed by atoms with E-state index in [0.29, 0.717) is 0 Å². The molecule has 1 fully saturated rings. The number of hydrogen-bond donors (Lipinski definition) is 2. The highest BCUT2D eigenvalue weighted by Gasteiger charge is 2.45. The third-order valence-electron chi connectivity index (χ3n) is 4.18. The van der Waals surface area contributed by atoms with Crippen LogP contribution >= 0.6 is 0 Å². The van der Waals surface area contributed by atoms with Crippen LogP contribution in [-0.2, 0) is 22.8 Å². The van der Waals surface area contributed by atoms with Crippen LogP contribution in [0.5, 0.6) is 0 Å². The molecule has 140 valence electrons. The monoisotopic (exact) mass is 366 g/mol. The number of aliphatic hydroxyl groups excluding tert-OH is 2. The average molecular weight is 366 g/mol. The van der Waals surface area contributed by atoms with Crippen molar-refractivity contribution < 1.29 is 24.1 Å². The Bertz CT molecular complexity index is 852. The SMILES string of the molecule is O=c1ccn([C@H]2O[C@@H](CO)[C@H](O)[C@H]2F)c(=O)n1COCc1ccccc1. The molecule has 4 atom stereocenters. The summed E-state index contributed by atoms with van der Waals surface area (Å²) in [5, 5.41) is 18.8. The summed E-state index contributed by atoms with van der Waals surface area (Å²) in [7, 11) is 0. The first-order chi connectivity index (χ1) is 12.5. The minimum absolute atomic E-state index is 0.193. The first kappa shape index (κ1) is 18.5. The van der Waals surface area contributed by atoms with Crippen LogP contribution in [0.2, 0.25) is 0 Å². The van der Waals surface area contributed by atoms with Crippen molar-refractivity contribution in [2.24, 2.45) is 0 Å². The quantitative estimate of drug-likeness (QED) is 0.732. The van der Waals surface area contributed by atoms with E-state index in [2.05, 4.69) is 0 Å². The summed E-state index contributed by atoms with van der Waals surface area (Å²) in [5.41, 5.74) is -0.565. The second-order valence-electron chi connectivity index (χ2n) is 5.92. The number of aliphatic hydroxyl groups is 2. The van der Waals surface area contributed by atoms with Crippen molar-refractivity contribution in [1.29, 1.82) is 0 Å². The van der Waals surface area contributed by atoms with Gasteiger partial charge in [0.15, 0.2) is 12.4 Å².